The number of hydrogen-bond donors (Lipinski definition) is 2. The molecule has 31 heavy (non-hydrogen) atoms. The molecule has 2 aromatic heterocycles. The fourth-order valence-corrected chi connectivity index (χ4v) is 3.75. The Morgan fingerprint density at radius 2 is 1.81 bits per heavy atom. The molecule has 4 rings (SSSR count). The van der Waals surface area contributed by atoms with E-state index in [0.717, 1.165) is 21.3 Å². The van der Waals surface area contributed by atoms with Crippen molar-refractivity contribution in [3.63, 3.8) is 0 Å². The number of carbonyl (C=O) groups excluding carboxylic acids is 2. The molecule has 1 atom stereocenters. The molecule has 4 aromatic rings. The zero-order valence-electron chi connectivity index (χ0n) is 16.3. The first-order valence-corrected chi connectivity index (χ1v) is 11.0. The third-order valence-electron chi connectivity index (χ3n) is 4.42. The van der Waals surface area contributed by atoms with Crippen LogP contribution in [0.15, 0.2) is 70.8 Å². The third kappa shape index (κ3) is 5.07. The van der Waals surface area contributed by atoms with E-state index in [1.165, 1.54) is 18.3 Å². The Morgan fingerprint density at radius 3 is 2.48 bits per heavy atom. The maximum atomic E-state index is 12.4. The fraction of sp³-hybridized carbons (Fsp3) is 0.0909. The Morgan fingerprint density at radius 1 is 1.10 bits per heavy atom. The molecule has 0 spiro atoms. The number of nitrogens with zero attached hydrogens (tertiary/aromatic N) is 2. The maximum absolute atomic E-state index is 12.4. The zero-order valence-corrected chi connectivity index (χ0v) is 18.7. The summed E-state index contributed by atoms with van der Waals surface area (Å²) in [5.74, 6) is -0.320. The highest BCUT2D eigenvalue weighted by atomic mass is 79.9. The van der Waals surface area contributed by atoms with Crippen molar-refractivity contribution in [2.75, 3.05) is 5.32 Å². The summed E-state index contributed by atoms with van der Waals surface area (Å²) in [4.78, 5) is 36.4. The van der Waals surface area contributed by atoms with Crippen molar-refractivity contribution >= 4 is 44.3 Å². The minimum absolute atomic E-state index is 0.349. The molecule has 0 aliphatic heterocycles. The van der Waals surface area contributed by atoms with Gasteiger partial charge in [0.1, 0.15) is 5.82 Å². The molecule has 0 aliphatic rings. The lowest BCUT2D eigenvalue weighted by Crippen LogP contribution is -2.29. The molecule has 0 saturated carbocycles. The number of imidazole rings is 1. The zero-order chi connectivity index (χ0) is 21.8. The van der Waals surface area contributed by atoms with E-state index in [4.69, 9.17) is 4.74 Å². The van der Waals surface area contributed by atoms with Crippen molar-refractivity contribution in [2.24, 2.45) is 0 Å². The second-order valence-corrected chi connectivity index (χ2v) is 8.37. The van der Waals surface area contributed by atoms with Gasteiger partial charge < -0.3 is 9.72 Å². The van der Waals surface area contributed by atoms with Gasteiger partial charge in [-0.1, -0.05) is 40.2 Å². The van der Waals surface area contributed by atoms with Crippen LogP contribution in [0.1, 0.15) is 17.3 Å². The highest BCUT2D eigenvalue weighted by Crippen LogP contribution is 2.26. The van der Waals surface area contributed by atoms with Crippen LogP contribution in [-0.2, 0) is 9.53 Å². The molecule has 1 amide bonds. The lowest BCUT2D eigenvalue weighted by Gasteiger charge is -2.12. The molecule has 0 fully saturated rings. The highest BCUT2D eigenvalue weighted by molar-refractivity contribution is 9.10. The number of aromatic nitrogens is 3. The predicted molar refractivity (Wildman–Crippen MR) is 123 cm³/mol. The lowest BCUT2D eigenvalue weighted by molar-refractivity contribution is -0.123. The summed E-state index contributed by atoms with van der Waals surface area (Å²) in [5, 5.41) is 4.99. The van der Waals surface area contributed by atoms with E-state index in [9.17, 15) is 9.59 Å². The second kappa shape index (κ2) is 9.23. The largest absolute Gasteiger partial charge is 0.449 e. The molecule has 2 N–H and O–H groups in total. The van der Waals surface area contributed by atoms with Crippen LogP contribution in [0.4, 0.5) is 5.13 Å². The SMILES string of the molecule is CC(OC(=O)c1ccc(-c2ncc[nH]2)cc1)C(=O)Nc1nc(-c2ccc(Br)cc2)cs1. The maximum Gasteiger partial charge on any atom is 0.338 e. The number of rotatable bonds is 6. The van der Waals surface area contributed by atoms with Gasteiger partial charge in [-0.25, -0.2) is 14.8 Å². The Bertz CT molecular complexity index is 1190. The van der Waals surface area contributed by atoms with E-state index in [1.807, 2.05) is 29.6 Å². The fourth-order valence-electron chi connectivity index (χ4n) is 2.76. The van der Waals surface area contributed by atoms with Gasteiger partial charge in [0, 0.05) is 33.4 Å². The minimum Gasteiger partial charge on any atom is -0.449 e. The van der Waals surface area contributed by atoms with Crippen LogP contribution in [0.2, 0.25) is 0 Å². The van der Waals surface area contributed by atoms with Gasteiger partial charge in [0.05, 0.1) is 11.3 Å². The molecule has 0 radical (unpaired) electrons. The van der Waals surface area contributed by atoms with Crippen LogP contribution in [0.3, 0.4) is 0 Å². The van der Waals surface area contributed by atoms with Crippen LogP contribution in [0.5, 0.6) is 0 Å². The number of nitrogens with one attached hydrogen (secondary N) is 2. The number of anilines is 1. The lowest BCUT2D eigenvalue weighted by atomic mass is 10.1. The summed E-state index contributed by atoms with van der Waals surface area (Å²) in [5.41, 5.74) is 2.89. The van der Waals surface area contributed by atoms with Crippen LogP contribution < -0.4 is 5.32 Å². The quantitative estimate of drug-likeness (QED) is 0.360. The average Bonchev–Trinajstić information content (AvgIpc) is 3.47. The number of hydrogen-bond acceptors (Lipinski definition) is 6. The van der Waals surface area contributed by atoms with Gasteiger partial charge in [0.15, 0.2) is 11.2 Å². The number of thiazole rings is 1. The first-order valence-electron chi connectivity index (χ1n) is 9.33. The van der Waals surface area contributed by atoms with Crippen LogP contribution in [0.25, 0.3) is 22.6 Å². The average molecular weight is 497 g/mol. The van der Waals surface area contributed by atoms with E-state index in [0.29, 0.717) is 16.5 Å². The summed E-state index contributed by atoms with van der Waals surface area (Å²) in [6.45, 7) is 1.52. The molecular formula is C22H17BrN4O3S. The van der Waals surface area contributed by atoms with Gasteiger partial charge in [0.25, 0.3) is 5.91 Å². The molecule has 0 bridgehead atoms. The minimum atomic E-state index is -0.975. The van der Waals surface area contributed by atoms with E-state index in [2.05, 4.69) is 36.2 Å². The summed E-state index contributed by atoms with van der Waals surface area (Å²) in [7, 11) is 0. The molecule has 1 unspecified atom stereocenters. The van der Waals surface area contributed by atoms with Crippen molar-refractivity contribution < 1.29 is 14.3 Å². The van der Waals surface area contributed by atoms with Gasteiger partial charge in [0.2, 0.25) is 0 Å². The predicted octanol–water partition coefficient (Wildman–Crippen LogP) is 5.15. The summed E-state index contributed by atoms with van der Waals surface area (Å²) in [6.07, 6.45) is 2.40. The molecule has 2 aromatic carbocycles. The Kier molecular flexibility index (Phi) is 6.24. The van der Waals surface area contributed by atoms with Gasteiger partial charge in [-0.15, -0.1) is 11.3 Å². The van der Waals surface area contributed by atoms with Crippen LogP contribution in [-0.4, -0.2) is 32.9 Å². The summed E-state index contributed by atoms with van der Waals surface area (Å²) in [6, 6.07) is 14.5. The van der Waals surface area contributed by atoms with Gasteiger partial charge >= 0.3 is 5.97 Å². The van der Waals surface area contributed by atoms with Gasteiger partial charge in [-0.2, -0.15) is 0 Å². The molecule has 2 heterocycles. The van der Waals surface area contributed by atoms with E-state index in [-0.39, 0.29) is 0 Å². The number of aromatic amines is 1. The Balaban J connectivity index is 1.35. The molecule has 7 nitrogen and oxygen atoms in total. The van der Waals surface area contributed by atoms with Crippen molar-refractivity contribution in [2.45, 2.75) is 13.0 Å². The first-order chi connectivity index (χ1) is 15.0. The first kappa shape index (κ1) is 21.0. The summed E-state index contributed by atoms with van der Waals surface area (Å²) < 4.78 is 6.28. The van der Waals surface area contributed by atoms with Crippen molar-refractivity contribution in [3.05, 3.63) is 76.3 Å². The molecule has 0 aliphatic carbocycles. The van der Waals surface area contributed by atoms with Crippen LogP contribution in [0, 0.1) is 0 Å². The van der Waals surface area contributed by atoms with Gasteiger partial charge in [-0.05, 0) is 31.2 Å². The topological polar surface area (TPSA) is 97.0 Å². The summed E-state index contributed by atoms with van der Waals surface area (Å²) >= 11 is 4.71. The standard InChI is InChI=1S/C22H17BrN4O3S/c1-13(30-21(29)16-4-2-15(3-5-16)19-24-10-11-25-19)20(28)27-22-26-18(12-31-22)14-6-8-17(23)9-7-14/h2-13H,1H3,(H,24,25)(H,26,27,28). The van der Waals surface area contributed by atoms with Crippen molar-refractivity contribution in [3.8, 4) is 22.6 Å². The number of amides is 1. The number of halogens is 1. The number of carbonyl (C=O) groups is 2. The van der Waals surface area contributed by atoms with Gasteiger partial charge in [-0.3, -0.25) is 10.1 Å². The van der Waals surface area contributed by atoms with E-state index >= 15 is 0 Å². The number of ether oxygens (including phenoxy) is 1. The number of benzene rings is 2. The molecular weight excluding hydrogens is 480 g/mol. The van der Waals surface area contributed by atoms with E-state index < -0.39 is 18.0 Å². The number of H-pyrrole nitrogens is 1. The highest BCUT2D eigenvalue weighted by Gasteiger charge is 2.20. The van der Waals surface area contributed by atoms with Crippen molar-refractivity contribution in [1.29, 1.82) is 0 Å². The third-order valence-corrected chi connectivity index (χ3v) is 5.71. The smallest absolute Gasteiger partial charge is 0.338 e. The molecule has 0 saturated heterocycles. The second-order valence-electron chi connectivity index (χ2n) is 6.60. The van der Waals surface area contributed by atoms with Crippen molar-refractivity contribution in [1.82, 2.24) is 15.0 Å². The molecule has 156 valence electrons. The Hall–Kier alpha value is -3.30. The van der Waals surface area contributed by atoms with Crippen LogP contribution >= 0.6 is 27.3 Å². The Labute approximate surface area is 190 Å². The molecule has 9 heteroatoms. The normalized spacial score (nSPS) is 11.7. The van der Waals surface area contributed by atoms with E-state index in [1.54, 1.807) is 36.7 Å². The number of esters is 1. The monoisotopic (exact) mass is 496 g/mol.